The molecule has 0 radical (unpaired) electrons. The maximum absolute atomic E-state index is 12.3. The summed E-state index contributed by atoms with van der Waals surface area (Å²) in [5.74, 6) is -0.223. The Balaban J connectivity index is 1.90. The Morgan fingerprint density at radius 3 is 2.64 bits per heavy atom. The van der Waals surface area contributed by atoms with E-state index >= 15 is 0 Å². The number of hydrogen-bond donors (Lipinski definition) is 2. The molecule has 1 aliphatic heterocycles. The van der Waals surface area contributed by atoms with E-state index in [0.29, 0.717) is 11.3 Å². The molecule has 0 atom stereocenters. The van der Waals surface area contributed by atoms with Crippen LogP contribution in [-0.4, -0.2) is 11.8 Å². The fraction of sp³-hybridized carbons (Fsp3) is 0.176. The molecule has 0 spiro atoms. The van der Waals surface area contributed by atoms with Crippen molar-refractivity contribution in [2.75, 3.05) is 10.6 Å². The van der Waals surface area contributed by atoms with Crippen molar-refractivity contribution in [2.24, 2.45) is 0 Å². The molecule has 4 nitrogen and oxygen atoms in total. The molecule has 2 aromatic carbocycles. The van der Waals surface area contributed by atoms with Gasteiger partial charge in [-0.25, -0.2) is 0 Å². The minimum Gasteiger partial charge on any atom is -0.325 e. The zero-order chi connectivity index (χ0) is 15.9. The van der Waals surface area contributed by atoms with E-state index in [-0.39, 0.29) is 11.8 Å². The molecule has 0 unspecified atom stereocenters. The average molecular weight is 359 g/mol. The van der Waals surface area contributed by atoms with Crippen molar-refractivity contribution < 1.29 is 9.59 Å². The molecule has 0 saturated heterocycles. The number of carbonyl (C=O) groups excluding carboxylic acids is 2. The third-order valence-corrected chi connectivity index (χ3v) is 4.58. The third kappa shape index (κ3) is 2.41. The van der Waals surface area contributed by atoms with Gasteiger partial charge in [0.05, 0.1) is 11.0 Å². The van der Waals surface area contributed by atoms with Crippen LogP contribution in [0.15, 0.2) is 46.9 Å². The minimum atomic E-state index is -0.594. The monoisotopic (exact) mass is 358 g/mol. The van der Waals surface area contributed by atoms with E-state index in [0.717, 1.165) is 15.7 Å². The molecule has 5 heteroatoms. The number of rotatable bonds is 2. The Morgan fingerprint density at radius 2 is 1.91 bits per heavy atom. The first kappa shape index (κ1) is 14.8. The van der Waals surface area contributed by atoms with E-state index in [1.807, 2.05) is 44.2 Å². The van der Waals surface area contributed by atoms with Gasteiger partial charge in [0.2, 0.25) is 5.91 Å². The van der Waals surface area contributed by atoms with Gasteiger partial charge in [-0.1, -0.05) is 12.1 Å². The molecule has 1 aliphatic rings. The van der Waals surface area contributed by atoms with Crippen molar-refractivity contribution in [3.8, 4) is 0 Å². The van der Waals surface area contributed by atoms with E-state index in [1.165, 1.54) is 0 Å². The highest BCUT2D eigenvalue weighted by molar-refractivity contribution is 9.10. The molecule has 3 rings (SSSR count). The molecule has 22 heavy (non-hydrogen) atoms. The molecule has 0 bridgehead atoms. The maximum Gasteiger partial charge on any atom is 0.256 e. The van der Waals surface area contributed by atoms with Crippen LogP contribution in [0.2, 0.25) is 0 Å². The standard InChI is InChI=1S/C17H15BrN2O2/c1-17(2)12-9-10(7-8-14(12)20-16(17)22)19-15(21)11-5-3-4-6-13(11)18/h3-9H,1-2H3,(H,19,21)(H,20,22). The highest BCUT2D eigenvalue weighted by Crippen LogP contribution is 2.38. The van der Waals surface area contributed by atoms with Gasteiger partial charge in [-0.05, 0) is 65.7 Å². The average Bonchev–Trinajstić information content (AvgIpc) is 2.70. The van der Waals surface area contributed by atoms with Crippen molar-refractivity contribution in [1.82, 2.24) is 0 Å². The molecule has 2 amide bonds. The van der Waals surface area contributed by atoms with Crippen LogP contribution in [0.3, 0.4) is 0 Å². The van der Waals surface area contributed by atoms with Crippen molar-refractivity contribution in [2.45, 2.75) is 19.3 Å². The number of nitrogens with one attached hydrogen (secondary N) is 2. The highest BCUT2D eigenvalue weighted by Gasteiger charge is 2.38. The van der Waals surface area contributed by atoms with Gasteiger partial charge in [0.1, 0.15) is 0 Å². The number of hydrogen-bond acceptors (Lipinski definition) is 2. The first-order valence-corrected chi connectivity index (χ1v) is 7.71. The van der Waals surface area contributed by atoms with Crippen molar-refractivity contribution >= 4 is 39.1 Å². The first-order valence-electron chi connectivity index (χ1n) is 6.91. The number of halogens is 1. The predicted molar refractivity (Wildman–Crippen MR) is 90.2 cm³/mol. The van der Waals surface area contributed by atoms with E-state index in [2.05, 4.69) is 26.6 Å². The van der Waals surface area contributed by atoms with Crippen LogP contribution in [0.5, 0.6) is 0 Å². The normalized spacial score (nSPS) is 15.1. The summed E-state index contributed by atoms with van der Waals surface area (Å²) in [6, 6.07) is 12.7. The zero-order valence-corrected chi connectivity index (χ0v) is 13.8. The van der Waals surface area contributed by atoms with Crippen LogP contribution in [0.1, 0.15) is 29.8 Å². The lowest BCUT2D eigenvalue weighted by Crippen LogP contribution is -2.26. The molecule has 2 aromatic rings. The Hall–Kier alpha value is -2.14. The summed E-state index contributed by atoms with van der Waals surface area (Å²) in [6.45, 7) is 3.74. The topological polar surface area (TPSA) is 58.2 Å². The minimum absolute atomic E-state index is 0.0308. The summed E-state index contributed by atoms with van der Waals surface area (Å²) in [6.07, 6.45) is 0. The van der Waals surface area contributed by atoms with Gasteiger partial charge < -0.3 is 10.6 Å². The van der Waals surface area contributed by atoms with Gasteiger partial charge in [0, 0.05) is 15.8 Å². The van der Waals surface area contributed by atoms with Crippen LogP contribution in [0.4, 0.5) is 11.4 Å². The molecule has 1 heterocycles. The molecule has 0 aliphatic carbocycles. The zero-order valence-electron chi connectivity index (χ0n) is 12.2. The lowest BCUT2D eigenvalue weighted by atomic mass is 9.86. The summed E-state index contributed by atoms with van der Waals surface area (Å²) < 4.78 is 0.742. The smallest absolute Gasteiger partial charge is 0.256 e. The highest BCUT2D eigenvalue weighted by atomic mass is 79.9. The van der Waals surface area contributed by atoms with Gasteiger partial charge in [0.15, 0.2) is 0 Å². The Morgan fingerprint density at radius 1 is 1.18 bits per heavy atom. The summed E-state index contributed by atoms with van der Waals surface area (Å²) in [5, 5.41) is 5.72. The van der Waals surface area contributed by atoms with Crippen molar-refractivity contribution in [1.29, 1.82) is 0 Å². The molecule has 112 valence electrons. The van der Waals surface area contributed by atoms with Crippen LogP contribution in [-0.2, 0) is 10.2 Å². The van der Waals surface area contributed by atoms with Crippen molar-refractivity contribution in [3.63, 3.8) is 0 Å². The molecule has 0 fully saturated rings. The second-order valence-corrected chi connectivity index (χ2v) is 6.63. The first-order chi connectivity index (χ1) is 10.4. The van der Waals surface area contributed by atoms with Crippen LogP contribution < -0.4 is 10.6 Å². The second-order valence-electron chi connectivity index (χ2n) is 5.77. The molecular formula is C17H15BrN2O2. The van der Waals surface area contributed by atoms with Gasteiger partial charge in [-0.15, -0.1) is 0 Å². The maximum atomic E-state index is 12.3. The summed E-state index contributed by atoms with van der Waals surface area (Å²) in [4.78, 5) is 24.3. The quantitative estimate of drug-likeness (QED) is 0.854. The number of benzene rings is 2. The fourth-order valence-electron chi connectivity index (χ4n) is 2.49. The number of amides is 2. The van der Waals surface area contributed by atoms with Crippen LogP contribution in [0, 0.1) is 0 Å². The number of carbonyl (C=O) groups is 2. The Bertz CT molecular complexity index is 784. The van der Waals surface area contributed by atoms with E-state index in [4.69, 9.17) is 0 Å². The lowest BCUT2D eigenvalue weighted by Gasteiger charge is -2.16. The van der Waals surface area contributed by atoms with E-state index < -0.39 is 5.41 Å². The molecule has 0 aromatic heterocycles. The van der Waals surface area contributed by atoms with E-state index in [9.17, 15) is 9.59 Å². The molecule has 2 N–H and O–H groups in total. The van der Waals surface area contributed by atoms with Gasteiger partial charge in [0.25, 0.3) is 5.91 Å². The van der Waals surface area contributed by atoms with Gasteiger partial charge in [-0.3, -0.25) is 9.59 Å². The third-order valence-electron chi connectivity index (χ3n) is 3.89. The summed E-state index contributed by atoms with van der Waals surface area (Å²) >= 11 is 3.37. The Kier molecular flexibility index (Phi) is 3.53. The lowest BCUT2D eigenvalue weighted by molar-refractivity contribution is -0.119. The number of fused-ring (bicyclic) bond motifs is 1. The summed E-state index contributed by atoms with van der Waals surface area (Å²) in [5.41, 5.74) is 2.33. The van der Waals surface area contributed by atoms with Gasteiger partial charge in [-0.2, -0.15) is 0 Å². The Labute approximate surface area is 137 Å². The number of anilines is 2. The second kappa shape index (κ2) is 5.25. The van der Waals surface area contributed by atoms with E-state index in [1.54, 1.807) is 12.1 Å². The largest absolute Gasteiger partial charge is 0.325 e. The fourth-order valence-corrected chi connectivity index (χ4v) is 2.96. The molecule has 0 saturated carbocycles. The van der Waals surface area contributed by atoms with Gasteiger partial charge >= 0.3 is 0 Å². The molecular weight excluding hydrogens is 344 g/mol. The van der Waals surface area contributed by atoms with Crippen LogP contribution in [0.25, 0.3) is 0 Å². The van der Waals surface area contributed by atoms with Crippen molar-refractivity contribution in [3.05, 3.63) is 58.1 Å². The summed E-state index contributed by atoms with van der Waals surface area (Å²) in [7, 11) is 0. The predicted octanol–water partition coefficient (Wildman–Crippen LogP) is 3.93. The van der Waals surface area contributed by atoms with Crippen LogP contribution >= 0.6 is 15.9 Å². The SMILES string of the molecule is CC1(C)C(=O)Nc2ccc(NC(=O)c3ccccc3Br)cc21.